The van der Waals surface area contributed by atoms with Gasteiger partial charge in [0.1, 0.15) is 17.3 Å². The second-order valence-corrected chi connectivity index (χ2v) is 8.17. The van der Waals surface area contributed by atoms with Gasteiger partial charge in [0.15, 0.2) is 16.9 Å². The van der Waals surface area contributed by atoms with Crippen LogP contribution in [0, 0.1) is 0 Å². The smallest absolute Gasteiger partial charge is 0.320 e. The van der Waals surface area contributed by atoms with Crippen molar-refractivity contribution in [1.29, 1.82) is 0 Å². The van der Waals surface area contributed by atoms with Crippen LogP contribution in [0.15, 0.2) is 17.1 Å². The van der Waals surface area contributed by atoms with Crippen LogP contribution in [-0.2, 0) is 9.47 Å². The number of rotatable bonds is 3. The Balaban J connectivity index is 1.43. The first-order valence-electron chi connectivity index (χ1n) is 10.4. The highest BCUT2D eigenvalue weighted by Crippen LogP contribution is 2.37. The van der Waals surface area contributed by atoms with Crippen molar-refractivity contribution in [2.24, 2.45) is 0 Å². The van der Waals surface area contributed by atoms with Gasteiger partial charge in [-0.05, 0) is 32.1 Å². The highest BCUT2D eigenvalue weighted by molar-refractivity contribution is 5.85. The van der Waals surface area contributed by atoms with E-state index in [1.165, 1.54) is 6.07 Å². The molecule has 156 valence electrons. The van der Waals surface area contributed by atoms with Gasteiger partial charge in [0.05, 0.1) is 25.4 Å². The molecule has 2 atom stereocenters. The molecule has 0 bridgehead atoms. The van der Waals surface area contributed by atoms with E-state index in [1.807, 2.05) is 4.57 Å². The number of aliphatic hydroxyl groups excluding tert-OH is 1. The van der Waals surface area contributed by atoms with Crippen LogP contribution in [0.1, 0.15) is 51.0 Å². The number of ether oxygens (including phenoxy) is 3. The lowest BCUT2D eigenvalue weighted by atomic mass is 9.92. The Morgan fingerprint density at radius 1 is 1.17 bits per heavy atom. The van der Waals surface area contributed by atoms with Crippen LogP contribution < -0.4 is 15.9 Å². The molecule has 2 saturated carbocycles. The van der Waals surface area contributed by atoms with E-state index in [1.54, 1.807) is 6.20 Å². The summed E-state index contributed by atoms with van der Waals surface area (Å²) in [6.45, 7) is 1.28. The molecule has 0 radical (unpaired) electrons. The highest BCUT2D eigenvalue weighted by Gasteiger charge is 2.41. The number of hydrogen-bond donors (Lipinski definition) is 2. The molecule has 1 spiro atoms. The number of aromatic nitrogens is 3. The van der Waals surface area contributed by atoms with Crippen molar-refractivity contribution in [3.63, 3.8) is 0 Å². The average molecular weight is 402 g/mol. The van der Waals surface area contributed by atoms with E-state index in [2.05, 4.69) is 9.97 Å². The van der Waals surface area contributed by atoms with E-state index >= 15 is 0 Å². The SMILES string of the molecule is Nc1nc(OC2CCC3(CC2)OCCO3)nc2c1c(=O)ccn2[C@H]1CCC[C@@H]1O. The normalized spacial score (nSPS) is 27.1. The van der Waals surface area contributed by atoms with E-state index in [0.717, 1.165) is 44.9 Å². The zero-order valence-electron chi connectivity index (χ0n) is 16.2. The molecule has 1 aliphatic heterocycles. The Morgan fingerprint density at radius 2 is 1.93 bits per heavy atom. The molecule has 3 aliphatic rings. The van der Waals surface area contributed by atoms with Crippen molar-refractivity contribution in [3.8, 4) is 6.01 Å². The summed E-state index contributed by atoms with van der Waals surface area (Å²) >= 11 is 0. The maximum absolute atomic E-state index is 12.4. The largest absolute Gasteiger partial charge is 0.460 e. The number of hydrogen-bond acceptors (Lipinski definition) is 8. The minimum absolute atomic E-state index is 0.0637. The van der Waals surface area contributed by atoms with Gasteiger partial charge in [-0.3, -0.25) is 4.79 Å². The summed E-state index contributed by atoms with van der Waals surface area (Å²) < 4.78 is 19.4. The number of anilines is 1. The van der Waals surface area contributed by atoms with Gasteiger partial charge in [0.2, 0.25) is 0 Å². The van der Waals surface area contributed by atoms with E-state index < -0.39 is 11.9 Å². The summed E-state index contributed by atoms with van der Waals surface area (Å²) in [4.78, 5) is 21.2. The van der Waals surface area contributed by atoms with Crippen LogP contribution in [-0.4, -0.2) is 50.9 Å². The quantitative estimate of drug-likeness (QED) is 0.793. The van der Waals surface area contributed by atoms with Crippen molar-refractivity contribution in [1.82, 2.24) is 14.5 Å². The fourth-order valence-electron chi connectivity index (χ4n) is 4.82. The van der Waals surface area contributed by atoms with E-state index in [0.29, 0.717) is 18.9 Å². The fraction of sp³-hybridized carbons (Fsp3) is 0.650. The van der Waals surface area contributed by atoms with Crippen LogP contribution in [0.5, 0.6) is 6.01 Å². The van der Waals surface area contributed by atoms with Gasteiger partial charge in [-0.2, -0.15) is 9.97 Å². The van der Waals surface area contributed by atoms with E-state index in [-0.39, 0.29) is 34.8 Å². The molecule has 9 nitrogen and oxygen atoms in total. The zero-order valence-corrected chi connectivity index (χ0v) is 16.2. The van der Waals surface area contributed by atoms with Gasteiger partial charge in [-0.15, -0.1) is 0 Å². The molecule has 5 rings (SSSR count). The Kier molecular flexibility index (Phi) is 4.68. The van der Waals surface area contributed by atoms with E-state index in [9.17, 15) is 9.90 Å². The number of aliphatic hydroxyl groups is 1. The molecule has 29 heavy (non-hydrogen) atoms. The van der Waals surface area contributed by atoms with Crippen molar-refractivity contribution in [2.75, 3.05) is 18.9 Å². The Bertz CT molecular complexity index is 961. The zero-order chi connectivity index (χ0) is 20.0. The van der Waals surface area contributed by atoms with Crippen molar-refractivity contribution in [2.45, 2.75) is 69.0 Å². The molecular formula is C20H26N4O5. The number of nitrogen functional groups attached to an aromatic ring is 1. The summed E-state index contributed by atoms with van der Waals surface area (Å²) in [5, 5.41) is 10.6. The van der Waals surface area contributed by atoms with Gasteiger partial charge >= 0.3 is 6.01 Å². The minimum Gasteiger partial charge on any atom is -0.460 e. The third-order valence-electron chi connectivity index (χ3n) is 6.36. The monoisotopic (exact) mass is 402 g/mol. The minimum atomic E-state index is -0.470. The molecular weight excluding hydrogens is 376 g/mol. The van der Waals surface area contributed by atoms with Crippen molar-refractivity contribution >= 4 is 16.9 Å². The summed E-state index contributed by atoms with van der Waals surface area (Å²) in [7, 11) is 0. The molecule has 0 aromatic carbocycles. The predicted molar refractivity (Wildman–Crippen MR) is 105 cm³/mol. The summed E-state index contributed by atoms with van der Waals surface area (Å²) in [5.74, 6) is -0.353. The van der Waals surface area contributed by atoms with Crippen LogP contribution in [0.2, 0.25) is 0 Å². The predicted octanol–water partition coefficient (Wildman–Crippen LogP) is 1.52. The molecule has 0 unspecified atom stereocenters. The standard InChI is InChI=1S/C20H26N4O5/c21-17-16-15(26)6-9-24(13-2-1-3-14(13)25)18(16)23-19(22-17)29-12-4-7-20(8-5-12)27-10-11-28-20/h6,9,12-14,25H,1-5,7-8,10-11H2,(H2,21,22,23)/t13-,14-/m0/s1. The first-order valence-corrected chi connectivity index (χ1v) is 10.4. The molecule has 0 amide bonds. The van der Waals surface area contributed by atoms with Gasteiger partial charge in [-0.1, -0.05) is 0 Å². The lowest BCUT2D eigenvalue weighted by molar-refractivity contribution is -0.186. The van der Waals surface area contributed by atoms with Crippen LogP contribution in [0.4, 0.5) is 5.82 Å². The van der Waals surface area contributed by atoms with Gasteiger partial charge < -0.3 is 29.6 Å². The third kappa shape index (κ3) is 3.37. The molecule has 3 fully saturated rings. The second kappa shape index (κ2) is 7.23. The maximum atomic E-state index is 12.4. The third-order valence-corrected chi connectivity index (χ3v) is 6.36. The van der Waals surface area contributed by atoms with Gasteiger partial charge in [-0.25, -0.2) is 0 Å². The van der Waals surface area contributed by atoms with Crippen LogP contribution >= 0.6 is 0 Å². The maximum Gasteiger partial charge on any atom is 0.320 e. The van der Waals surface area contributed by atoms with Crippen molar-refractivity contribution in [3.05, 3.63) is 22.5 Å². The highest BCUT2D eigenvalue weighted by atomic mass is 16.7. The number of nitrogens with two attached hydrogens (primary N) is 1. The molecule has 9 heteroatoms. The Labute approximate surface area is 167 Å². The number of nitrogens with zero attached hydrogens (tertiary/aromatic N) is 3. The second-order valence-electron chi connectivity index (χ2n) is 8.17. The molecule has 1 saturated heterocycles. The van der Waals surface area contributed by atoms with Gasteiger partial charge in [0, 0.05) is 25.1 Å². The molecule has 3 heterocycles. The van der Waals surface area contributed by atoms with Crippen molar-refractivity contribution < 1.29 is 19.3 Å². The molecule has 3 N–H and O–H groups in total. The molecule has 2 aromatic heterocycles. The van der Waals surface area contributed by atoms with E-state index in [4.69, 9.17) is 19.9 Å². The lowest BCUT2D eigenvalue weighted by Gasteiger charge is -2.34. The summed E-state index contributed by atoms with van der Waals surface area (Å²) in [6.07, 6.45) is 6.69. The number of pyridine rings is 1. The number of fused-ring (bicyclic) bond motifs is 1. The lowest BCUT2D eigenvalue weighted by Crippen LogP contribution is -2.38. The first kappa shape index (κ1) is 18.8. The Hall–Kier alpha value is -2.23. The van der Waals surface area contributed by atoms with Gasteiger partial charge in [0.25, 0.3) is 0 Å². The molecule has 2 aliphatic carbocycles. The molecule has 2 aromatic rings. The fourth-order valence-corrected chi connectivity index (χ4v) is 4.82. The average Bonchev–Trinajstić information content (AvgIpc) is 3.33. The first-order chi connectivity index (χ1) is 14.0. The van der Waals surface area contributed by atoms with Crippen LogP contribution in [0.25, 0.3) is 11.0 Å². The topological polar surface area (TPSA) is 122 Å². The summed E-state index contributed by atoms with van der Waals surface area (Å²) in [5.41, 5.74) is 6.30. The summed E-state index contributed by atoms with van der Waals surface area (Å²) in [6, 6.07) is 1.48. The van der Waals surface area contributed by atoms with Crippen LogP contribution in [0.3, 0.4) is 0 Å². The Morgan fingerprint density at radius 3 is 2.62 bits per heavy atom.